The van der Waals surface area contributed by atoms with Crippen molar-refractivity contribution < 1.29 is 23.2 Å². The maximum atomic E-state index is 11.1. The molecule has 0 aromatic heterocycles. The van der Waals surface area contributed by atoms with Crippen molar-refractivity contribution in [3.63, 3.8) is 0 Å². The summed E-state index contributed by atoms with van der Waals surface area (Å²) < 4.78 is 28.6. The van der Waals surface area contributed by atoms with Crippen LogP contribution in [0.4, 0.5) is 11.4 Å². The fourth-order valence-corrected chi connectivity index (χ4v) is 2.72. The molecule has 1 aromatic carbocycles. The van der Waals surface area contributed by atoms with Crippen molar-refractivity contribution >= 4 is 22.6 Å². The van der Waals surface area contributed by atoms with Gasteiger partial charge in [0.05, 0.1) is 30.8 Å². The van der Waals surface area contributed by atoms with Gasteiger partial charge in [-0.3, -0.25) is 24.4 Å². The number of nitrogens with two attached hydrogens (primary N) is 1. The van der Waals surface area contributed by atoms with E-state index in [2.05, 4.69) is 10.0 Å². The number of anilines is 1. The van der Waals surface area contributed by atoms with Crippen LogP contribution in [-0.2, 0) is 20.7 Å². The van der Waals surface area contributed by atoms with Crippen LogP contribution in [0.2, 0.25) is 0 Å². The molecular weight excluding hydrogens is 352 g/mol. The maximum absolute atomic E-state index is 11.1. The molecule has 11 heteroatoms. The zero-order valence-electron chi connectivity index (χ0n) is 13.8. The Morgan fingerprint density at radius 1 is 1.40 bits per heavy atom. The van der Waals surface area contributed by atoms with E-state index in [1.165, 1.54) is 6.07 Å². The van der Waals surface area contributed by atoms with Crippen LogP contribution in [0.3, 0.4) is 0 Å². The Morgan fingerprint density at radius 3 is 2.60 bits per heavy atom. The van der Waals surface area contributed by atoms with E-state index in [0.717, 1.165) is 26.3 Å². The van der Waals surface area contributed by atoms with Crippen molar-refractivity contribution in [1.29, 1.82) is 0 Å². The van der Waals surface area contributed by atoms with E-state index in [0.29, 0.717) is 18.3 Å². The molecule has 0 bridgehead atoms. The molecule has 0 amide bonds. The second-order valence-corrected chi connectivity index (χ2v) is 6.15. The summed E-state index contributed by atoms with van der Waals surface area (Å²) in [6.45, 7) is 3.78. The van der Waals surface area contributed by atoms with E-state index in [-0.39, 0.29) is 16.8 Å². The highest BCUT2D eigenvalue weighted by Gasteiger charge is 2.33. The predicted molar refractivity (Wildman–Crippen MR) is 90.5 cm³/mol. The van der Waals surface area contributed by atoms with Crippen LogP contribution < -0.4 is 10.0 Å². The second kappa shape index (κ2) is 9.17. The van der Waals surface area contributed by atoms with Crippen LogP contribution in [0.5, 0.6) is 0 Å². The molecule has 3 rings (SSSR count). The molecule has 2 saturated heterocycles. The Kier molecular flexibility index (Phi) is 7.23. The molecule has 0 radical (unpaired) electrons. The van der Waals surface area contributed by atoms with E-state index >= 15 is 0 Å². The summed E-state index contributed by atoms with van der Waals surface area (Å²) in [5.74, 6) is 0. The Balaban J connectivity index is 0.000000511. The topological polar surface area (TPSA) is 134 Å². The molecule has 140 valence electrons. The largest absolute Gasteiger partial charge is 0.760 e. The molecule has 25 heavy (non-hydrogen) atoms. The third-order valence-corrected chi connectivity index (χ3v) is 4.11. The summed E-state index contributed by atoms with van der Waals surface area (Å²) in [4.78, 5) is 15.0. The highest BCUT2D eigenvalue weighted by Crippen LogP contribution is 2.29. The first kappa shape index (κ1) is 19.7. The quantitative estimate of drug-likeness (QED) is 0.437. The fourth-order valence-electron chi connectivity index (χ4n) is 2.72. The summed E-state index contributed by atoms with van der Waals surface area (Å²) in [6.07, 6.45) is -0.180. The standard InChI is InChI=1S/C14H19N3O4.H3NO2S/c1-15(12-4-2-3-5-13(12)17(18)19)14-8-16(6-7-21-14)11-9-20-10-11;1-4(2)3/h2-5,11,14H,6-10H2,1H3;1H2,(H,2,3)/p-1/t14-;/m0./s1. The van der Waals surface area contributed by atoms with E-state index in [1.54, 1.807) is 18.2 Å². The van der Waals surface area contributed by atoms with Gasteiger partial charge in [-0.05, 0) is 6.07 Å². The van der Waals surface area contributed by atoms with Gasteiger partial charge < -0.3 is 18.9 Å². The number of nitro benzene ring substituents is 1. The molecule has 2 aliphatic rings. The summed E-state index contributed by atoms with van der Waals surface area (Å²) in [5.41, 5.74) is 0.687. The predicted octanol–water partition coefficient (Wildman–Crippen LogP) is -0.173. The van der Waals surface area contributed by atoms with Crippen LogP contribution in [0.1, 0.15) is 0 Å². The third-order valence-electron chi connectivity index (χ3n) is 4.11. The molecule has 0 spiro atoms. The van der Waals surface area contributed by atoms with Crippen LogP contribution in [-0.4, -0.2) is 70.8 Å². The monoisotopic (exact) mass is 373 g/mol. The van der Waals surface area contributed by atoms with Crippen molar-refractivity contribution in [2.24, 2.45) is 5.14 Å². The molecule has 0 saturated carbocycles. The molecule has 2 atom stereocenters. The summed E-state index contributed by atoms with van der Waals surface area (Å²) in [5, 5.41) is 15.2. The van der Waals surface area contributed by atoms with Crippen LogP contribution in [0.25, 0.3) is 0 Å². The number of nitrogens with zero attached hydrogens (tertiary/aromatic N) is 3. The minimum absolute atomic E-state index is 0.104. The lowest BCUT2D eigenvalue weighted by atomic mass is 10.2. The van der Waals surface area contributed by atoms with Gasteiger partial charge in [0.1, 0.15) is 11.9 Å². The number of ether oxygens (including phenoxy) is 2. The van der Waals surface area contributed by atoms with Gasteiger partial charge >= 0.3 is 0 Å². The van der Waals surface area contributed by atoms with Gasteiger partial charge in [0.25, 0.3) is 5.69 Å². The summed E-state index contributed by atoms with van der Waals surface area (Å²) >= 11 is -2.36. The zero-order chi connectivity index (χ0) is 18.4. The van der Waals surface area contributed by atoms with Gasteiger partial charge in [-0.25, -0.2) is 0 Å². The van der Waals surface area contributed by atoms with Crippen molar-refractivity contribution in [3.05, 3.63) is 34.4 Å². The number of benzene rings is 1. The minimum Gasteiger partial charge on any atom is -0.760 e. The summed E-state index contributed by atoms with van der Waals surface area (Å²) in [6, 6.07) is 7.21. The molecule has 2 heterocycles. The summed E-state index contributed by atoms with van der Waals surface area (Å²) in [7, 11) is 1.84. The highest BCUT2D eigenvalue weighted by atomic mass is 32.2. The van der Waals surface area contributed by atoms with Crippen LogP contribution in [0, 0.1) is 10.1 Å². The van der Waals surface area contributed by atoms with Crippen molar-refractivity contribution in [2.75, 3.05) is 44.9 Å². The van der Waals surface area contributed by atoms with Crippen molar-refractivity contribution in [3.8, 4) is 0 Å². The van der Waals surface area contributed by atoms with E-state index in [1.807, 2.05) is 11.9 Å². The van der Waals surface area contributed by atoms with Crippen LogP contribution >= 0.6 is 0 Å². The first-order chi connectivity index (χ1) is 11.9. The Labute approximate surface area is 148 Å². The number of hydrogen-bond acceptors (Lipinski definition) is 8. The molecule has 10 nitrogen and oxygen atoms in total. The third kappa shape index (κ3) is 5.42. The first-order valence-corrected chi connectivity index (χ1v) is 8.77. The van der Waals surface area contributed by atoms with Gasteiger partial charge in [0, 0.05) is 37.5 Å². The van der Waals surface area contributed by atoms with Crippen molar-refractivity contribution in [1.82, 2.24) is 4.90 Å². The lowest BCUT2D eigenvalue weighted by Gasteiger charge is -2.44. The van der Waals surface area contributed by atoms with E-state index in [9.17, 15) is 10.1 Å². The maximum Gasteiger partial charge on any atom is 0.292 e. The number of nitro groups is 1. The smallest absolute Gasteiger partial charge is 0.292 e. The lowest BCUT2D eigenvalue weighted by molar-refractivity contribution is -0.384. The van der Waals surface area contributed by atoms with E-state index < -0.39 is 11.3 Å². The fraction of sp³-hybridized carbons (Fsp3) is 0.571. The molecule has 2 aliphatic heterocycles. The molecule has 2 fully saturated rings. The lowest BCUT2D eigenvalue weighted by Crippen LogP contribution is -2.58. The van der Waals surface area contributed by atoms with Crippen LogP contribution in [0.15, 0.2) is 24.3 Å². The molecule has 1 unspecified atom stereocenters. The average Bonchev–Trinajstić information content (AvgIpc) is 2.52. The van der Waals surface area contributed by atoms with Gasteiger partial charge in [0.15, 0.2) is 0 Å². The van der Waals surface area contributed by atoms with Gasteiger partial charge in [0.2, 0.25) is 0 Å². The van der Waals surface area contributed by atoms with Crippen molar-refractivity contribution in [2.45, 2.75) is 12.3 Å². The van der Waals surface area contributed by atoms with E-state index in [4.69, 9.17) is 18.2 Å². The number of para-hydroxylation sites is 2. The molecule has 1 aromatic rings. The minimum atomic E-state index is -2.36. The first-order valence-electron chi connectivity index (χ1n) is 7.63. The highest BCUT2D eigenvalue weighted by molar-refractivity contribution is 7.76. The van der Waals surface area contributed by atoms with Gasteiger partial charge in [-0.2, -0.15) is 0 Å². The Morgan fingerprint density at radius 2 is 2.04 bits per heavy atom. The Bertz CT molecular complexity index is 611. The average molecular weight is 373 g/mol. The second-order valence-electron chi connectivity index (χ2n) is 5.63. The number of morpholine rings is 1. The number of hydrogen-bond donors (Lipinski definition) is 1. The SMILES string of the molecule is CN(c1ccccc1[N+](=O)[O-])[C@@H]1CN(C2COC2)CCO1.NS(=O)[O-]. The molecule has 2 N–H and O–H groups in total. The molecule has 0 aliphatic carbocycles. The Hall–Kier alpha value is -1.63. The molecular formula is C14H21N4O6S-. The number of rotatable bonds is 4. The number of likely N-dealkylation sites (N-methyl/N-ethyl adjacent to an activating group) is 1. The van der Waals surface area contributed by atoms with Gasteiger partial charge in [-0.1, -0.05) is 12.1 Å². The zero-order valence-corrected chi connectivity index (χ0v) is 14.6. The normalized spacial score (nSPS) is 22.3. The van der Waals surface area contributed by atoms with Gasteiger partial charge in [-0.15, -0.1) is 0 Å².